The summed E-state index contributed by atoms with van der Waals surface area (Å²) in [5.74, 6) is 1.01. The van der Waals surface area contributed by atoms with Crippen LogP contribution in [-0.4, -0.2) is 47.6 Å². The van der Waals surface area contributed by atoms with Gasteiger partial charge in [0.2, 0.25) is 11.8 Å². The highest BCUT2D eigenvalue weighted by Crippen LogP contribution is 2.14. The first kappa shape index (κ1) is 20.5. The molecule has 9 heteroatoms. The van der Waals surface area contributed by atoms with Crippen molar-refractivity contribution in [2.45, 2.75) is 25.5 Å². The van der Waals surface area contributed by atoms with Gasteiger partial charge in [-0.1, -0.05) is 16.8 Å². The molecule has 0 saturated heterocycles. The number of nitrogens with one attached hydrogen (secondary N) is 3. The molecule has 0 spiro atoms. The fourth-order valence-corrected chi connectivity index (χ4v) is 2.74. The maximum Gasteiger partial charge on any atom is 0.238 e. The van der Waals surface area contributed by atoms with Crippen LogP contribution in [0.2, 0.25) is 0 Å². The summed E-state index contributed by atoms with van der Waals surface area (Å²) in [6, 6.07) is 1.65. The van der Waals surface area contributed by atoms with Gasteiger partial charge in [0.1, 0.15) is 5.76 Å². The third kappa shape index (κ3) is 6.94. The molecule has 1 atom stereocenters. The van der Waals surface area contributed by atoms with Gasteiger partial charge in [-0.2, -0.15) is 0 Å². The van der Waals surface area contributed by atoms with E-state index in [2.05, 4.69) is 27.2 Å². The molecule has 3 N–H and O–H groups in total. The van der Waals surface area contributed by atoms with Crippen molar-refractivity contribution >= 4 is 41.8 Å². The molecule has 2 amide bonds. The zero-order valence-electron chi connectivity index (χ0n) is 13.8. The van der Waals surface area contributed by atoms with Gasteiger partial charge in [0, 0.05) is 19.2 Å². The summed E-state index contributed by atoms with van der Waals surface area (Å²) in [7, 11) is 0. The van der Waals surface area contributed by atoms with Crippen molar-refractivity contribution in [3.05, 3.63) is 23.5 Å². The highest BCUT2D eigenvalue weighted by molar-refractivity contribution is 8.01. The Kier molecular flexibility index (Phi) is 8.88. The van der Waals surface area contributed by atoms with Crippen molar-refractivity contribution in [2.24, 2.45) is 0 Å². The maximum absolute atomic E-state index is 12.0. The van der Waals surface area contributed by atoms with Crippen LogP contribution in [0.5, 0.6) is 0 Å². The van der Waals surface area contributed by atoms with E-state index in [9.17, 15) is 9.59 Å². The first-order chi connectivity index (χ1) is 11.0. The molecular formula is C15H23ClN4O3S. The number of halogens is 1. The number of aryl methyl sites for hydroxylation is 1. The second-order valence-corrected chi connectivity index (χ2v) is 6.69. The zero-order valence-corrected chi connectivity index (χ0v) is 15.4. The lowest BCUT2D eigenvalue weighted by Gasteiger charge is -2.15. The number of aromatic nitrogens is 1. The minimum atomic E-state index is -0.351. The molecule has 0 radical (unpaired) electrons. The lowest BCUT2D eigenvalue weighted by atomic mass is 10.1. The number of anilines is 1. The summed E-state index contributed by atoms with van der Waals surface area (Å²) in [5, 5.41) is 12.1. The fraction of sp³-hybridized carbons (Fsp3) is 0.533. The largest absolute Gasteiger partial charge is 0.360 e. The molecule has 0 aromatic carbocycles. The molecule has 134 valence electrons. The van der Waals surface area contributed by atoms with Gasteiger partial charge in [0.25, 0.3) is 0 Å². The summed E-state index contributed by atoms with van der Waals surface area (Å²) < 4.78 is 4.89. The average molecular weight is 375 g/mol. The van der Waals surface area contributed by atoms with Gasteiger partial charge in [0.05, 0.1) is 11.0 Å². The third-order valence-electron chi connectivity index (χ3n) is 3.38. The molecule has 1 aliphatic heterocycles. The molecule has 0 saturated carbocycles. The predicted molar refractivity (Wildman–Crippen MR) is 97.6 cm³/mol. The van der Waals surface area contributed by atoms with Crippen LogP contribution in [0.4, 0.5) is 5.82 Å². The van der Waals surface area contributed by atoms with E-state index >= 15 is 0 Å². The van der Waals surface area contributed by atoms with Gasteiger partial charge in [-0.05, 0) is 26.8 Å². The minimum absolute atomic E-state index is 0. The molecule has 2 rings (SSSR count). The van der Waals surface area contributed by atoms with E-state index in [1.54, 1.807) is 19.9 Å². The monoisotopic (exact) mass is 374 g/mol. The van der Waals surface area contributed by atoms with Gasteiger partial charge in [-0.3, -0.25) is 9.59 Å². The van der Waals surface area contributed by atoms with Crippen molar-refractivity contribution in [2.75, 3.05) is 30.7 Å². The molecular weight excluding hydrogens is 352 g/mol. The SMILES string of the molecule is Cc1cc(NC(=O)C(C)SCC(=O)NCC2=CCNCC2)no1.Cl. The van der Waals surface area contributed by atoms with Crippen LogP contribution in [0.1, 0.15) is 19.1 Å². The molecule has 1 aromatic rings. The highest BCUT2D eigenvalue weighted by Gasteiger charge is 2.17. The standard InChI is InChI=1S/C15H22N4O3S.ClH/c1-10-7-13(19-22-10)18-15(21)11(2)23-9-14(20)17-8-12-3-5-16-6-4-12;/h3,7,11,16H,4-6,8-9H2,1-2H3,(H,17,20)(H,18,19,21);1H. The summed E-state index contributed by atoms with van der Waals surface area (Å²) in [6.45, 7) is 5.91. The van der Waals surface area contributed by atoms with Crippen LogP contribution >= 0.6 is 24.2 Å². The van der Waals surface area contributed by atoms with Crippen molar-refractivity contribution in [3.8, 4) is 0 Å². The van der Waals surface area contributed by atoms with E-state index in [1.165, 1.54) is 17.3 Å². The van der Waals surface area contributed by atoms with Gasteiger partial charge >= 0.3 is 0 Å². The molecule has 1 aromatic heterocycles. The van der Waals surface area contributed by atoms with Crippen LogP contribution in [-0.2, 0) is 9.59 Å². The minimum Gasteiger partial charge on any atom is -0.360 e. The number of amides is 2. The van der Waals surface area contributed by atoms with Crippen LogP contribution in [0.3, 0.4) is 0 Å². The Hall–Kier alpha value is -1.51. The lowest BCUT2D eigenvalue weighted by molar-refractivity contribution is -0.118. The first-order valence-corrected chi connectivity index (χ1v) is 8.60. The number of rotatable bonds is 7. The molecule has 0 fully saturated rings. The van der Waals surface area contributed by atoms with Crippen LogP contribution in [0.15, 0.2) is 22.2 Å². The molecule has 2 heterocycles. The Balaban J connectivity index is 0.00000288. The second kappa shape index (κ2) is 10.4. The Morgan fingerprint density at radius 2 is 2.29 bits per heavy atom. The average Bonchev–Trinajstić information content (AvgIpc) is 2.96. The summed E-state index contributed by atoms with van der Waals surface area (Å²) >= 11 is 1.29. The van der Waals surface area contributed by atoms with Crippen LogP contribution < -0.4 is 16.0 Å². The van der Waals surface area contributed by atoms with Gasteiger partial charge in [-0.15, -0.1) is 24.2 Å². The topological polar surface area (TPSA) is 96.3 Å². The predicted octanol–water partition coefficient (Wildman–Crippen LogP) is 1.50. The number of hydrogen-bond acceptors (Lipinski definition) is 6. The molecule has 0 aliphatic carbocycles. The van der Waals surface area contributed by atoms with E-state index in [0.717, 1.165) is 19.5 Å². The molecule has 1 unspecified atom stereocenters. The normalized spacial score (nSPS) is 15.0. The maximum atomic E-state index is 12.0. The summed E-state index contributed by atoms with van der Waals surface area (Å²) in [4.78, 5) is 23.8. The van der Waals surface area contributed by atoms with E-state index in [-0.39, 0.29) is 35.2 Å². The fourth-order valence-electron chi connectivity index (χ4n) is 2.02. The van der Waals surface area contributed by atoms with Crippen molar-refractivity contribution in [1.82, 2.24) is 15.8 Å². The van der Waals surface area contributed by atoms with Crippen molar-refractivity contribution in [3.63, 3.8) is 0 Å². The molecule has 24 heavy (non-hydrogen) atoms. The highest BCUT2D eigenvalue weighted by atomic mass is 35.5. The Morgan fingerprint density at radius 1 is 1.50 bits per heavy atom. The number of thioether (sulfide) groups is 1. The molecule has 7 nitrogen and oxygen atoms in total. The van der Waals surface area contributed by atoms with Crippen molar-refractivity contribution < 1.29 is 14.1 Å². The molecule has 0 bridgehead atoms. The van der Waals surface area contributed by atoms with Gasteiger partial charge < -0.3 is 20.5 Å². The first-order valence-electron chi connectivity index (χ1n) is 7.55. The number of hydrogen-bond donors (Lipinski definition) is 3. The van der Waals surface area contributed by atoms with E-state index in [4.69, 9.17) is 4.52 Å². The third-order valence-corrected chi connectivity index (χ3v) is 4.53. The van der Waals surface area contributed by atoms with Gasteiger partial charge in [-0.25, -0.2) is 0 Å². The van der Waals surface area contributed by atoms with E-state index in [1.807, 2.05) is 0 Å². The Labute approximate surface area is 151 Å². The second-order valence-electron chi connectivity index (χ2n) is 5.36. The van der Waals surface area contributed by atoms with Crippen LogP contribution in [0.25, 0.3) is 0 Å². The zero-order chi connectivity index (χ0) is 16.7. The quantitative estimate of drug-likeness (QED) is 0.626. The molecule has 1 aliphatic rings. The Morgan fingerprint density at radius 3 is 2.92 bits per heavy atom. The van der Waals surface area contributed by atoms with Gasteiger partial charge in [0.15, 0.2) is 5.82 Å². The summed E-state index contributed by atoms with van der Waals surface area (Å²) in [5.41, 5.74) is 1.24. The summed E-state index contributed by atoms with van der Waals surface area (Å²) in [6.07, 6.45) is 3.07. The lowest BCUT2D eigenvalue weighted by Crippen LogP contribution is -2.32. The number of carbonyl (C=O) groups excluding carboxylic acids is 2. The number of nitrogens with zero attached hydrogens (tertiary/aromatic N) is 1. The smallest absolute Gasteiger partial charge is 0.238 e. The Bertz CT molecular complexity index is 591. The van der Waals surface area contributed by atoms with Crippen molar-refractivity contribution in [1.29, 1.82) is 0 Å². The number of carbonyl (C=O) groups is 2. The van der Waals surface area contributed by atoms with Crippen LogP contribution in [0, 0.1) is 6.92 Å². The van der Waals surface area contributed by atoms with E-state index < -0.39 is 0 Å². The van der Waals surface area contributed by atoms with E-state index in [0.29, 0.717) is 18.1 Å².